The highest BCUT2D eigenvalue weighted by Crippen LogP contribution is 2.39. The number of thiophene rings is 2. The van der Waals surface area contributed by atoms with Crippen molar-refractivity contribution in [1.82, 2.24) is 5.32 Å². The van der Waals surface area contributed by atoms with Crippen molar-refractivity contribution in [2.75, 3.05) is 6.54 Å². The van der Waals surface area contributed by atoms with E-state index in [2.05, 4.69) is 52.6 Å². The van der Waals surface area contributed by atoms with Gasteiger partial charge in [0.25, 0.3) is 0 Å². The Morgan fingerprint density at radius 1 is 1.42 bits per heavy atom. The molecule has 0 saturated heterocycles. The van der Waals surface area contributed by atoms with E-state index in [0.717, 1.165) is 28.2 Å². The molecule has 1 N–H and O–H groups in total. The van der Waals surface area contributed by atoms with Crippen LogP contribution in [0, 0.1) is 0 Å². The van der Waals surface area contributed by atoms with Crippen molar-refractivity contribution in [3.05, 3.63) is 41.6 Å². The number of halogens is 2. The lowest BCUT2D eigenvalue weighted by atomic mass is 10.1. The first-order chi connectivity index (χ1) is 9.17. The zero-order valence-electron chi connectivity index (χ0n) is 11.0. The quantitative estimate of drug-likeness (QED) is 0.662. The van der Waals surface area contributed by atoms with Crippen LogP contribution in [0.5, 0.6) is 0 Å². The van der Waals surface area contributed by atoms with Crippen LogP contribution in [0.25, 0.3) is 0 Å². The highest BCUT2D eigenvalue weighted by atomic mass is 79.9. The fourth-order valence-corrected chi connectivity index (χ4v) is 5.01. The lowest BCUT2D eigenvalue weighted by Gasteiger charge is -2.17. The molecule has 5 heteroatoms. The van der Waals surface area contributed by atoms with E-state index in [9.17, 15) is 0 Å². The molecular formula is C14H17BrClNS2. The summed E-state index contributed by atoms with van der Waals surface area (Å²) in [4.78, 5) is 2.70. The van der Waals surface area contributed by atoms with E-state index in [4.69, 9.17) is 11.6 Å². The Bertz CT molecular complexity index is 516. The third-order valence-corrected chi connectivity index (χ3v) is 6.53. The molecule has 0 aliphatic rings. The highest BCUT2D eigenvalue weighted by molar-refractivity contribution is 9.11. The molecule has 104 valence electrons. The van der Waals surface area contributed by atoms with E-state index in [1.54, 1.807) is 11.3 Å². The van der Waals surface area contributed by atoms with Gasteiger partial charge in [0.15, 0.2) is 0 Å². The minimum absolute atomic E-state index is 0.267. The third kappa shape index (κ3) is 3.61. The minimum Gasteiger partial charge on any atom is -0.305 e. The van der Waals surface area contributed by atoms with E-state index in [1.807, 2.05) is 11.3 Å². The molecule has 0 bridgehead atoms. The van der Waals surface area contributed by atoms with E-state index in [-0.39, 0.29) is 6.04 Å². The summed E-state index contributed by atoms with van der Waals surface area (Å²) >= 11 is 13.2. The zero-order chi connectivity index (χ0) is 13.8. The van der Waals surface area contributed by atoms with Gasteiger partial charge in [0.2, 0.25) is 0 Å². The molecule has 1 atom stereocenters. The van der Waals surface area contributed by atoms with Gasteiger partial charge in [-0.1, -0.05) is 25.4 Å². The first kappa shape index (κ1) is 15.5. The molecule has 2 aromatic heterocycles. The maximum absolute atomic E-state index is 6.18. The van der Waals surface area contributed by atoms with Gasteiger partial charge in [-0.25, -0.2) is 0 Å². The zero-order valence-corrected chi connectivity index (χ0v) is 15.0. The number of hydrogen-bond acceptors (Lipinski definition) is 3. The molecule has 2 aromatic rings. The molecule has 1 unspecified atom stereocenters. The molecule has 0 spiro atoms. The molecule has 0 aliphatic carbocycles. The Kier molecular flexibility index (Phi) is 5.90. The normalized spacial score (nSPS) is 12.8. The lowest BCUT2D eigenvalue weighted by molar-refractivity contribution is 0.610. The van der Waals surface area contributed by atoms with Crippen molar-refractivity contribution in [3.8, 4) is 0 Å². The van der Waals surface area contributed by atoms with Crippen LogP contribution in [0.1, 0.15) is 41.6 Å². The van der Waals surface area contributed by atoms with Gasteiger partial charge in [-0.15, -0.1) is 22.7 Å². The summed E-state index contributed by atoms with van der Waals surface area (Å²) in [6, 6.07) is 4.57. The summed E-state index contributed by atoms with van der Waals surface area (Å²) < 4.78 is 1.02. The SMILES string of the molecule is CCCNC(c1cc(Cl)c(Br)s1)c1sccc1CC. The first-order valence-electron chi connectivity index (χ1n) is 6.41. The highest BCUT2D eigenvalue weighted by Gasteiger charge is 2.20. The predicted octanol–water partition coefficient (Wildman–Crippen LogP) is 5.88. The van der Waals surface area contributed by atoms with E-state index in [1.165, 1.54) is 15.3 Å². The van der Waals surface area contributed by atoms with Gasteiger partial charge in [-0.3, -0.25) is 0 Å². The molecular weight excluding hydrogens is 362 g/mol. The van der Waals surface area contributed by atoms with Gasteiger partial charge in [0.1, 0.15) is 0 Å². The van der Waals surface area contributed by atoms with Crippen LogP contribution < -0.4 is 5.32 Å². The fourth-order valence-electron chi connectivity index (χ4n) is 2.01. The van der Waals surface area contributed by atoms with Crippen LogP contribution in [-0.2, 0) is 6.42 Å². The molecule has 1 nitrogen and oxygen atoms in total. The molecule has 19 heavy (non-hydrogen) atoms. The maximum atomic E-state index is 6.18. The largest absolute Gasteiger partial charge is 0.305 e. The van der Waals surface area contributed by atoms with Crippen LogP contribution >= 0.6 is 50.2 Å². The van der Waals surface area contributed by atoms with Gasteiger partial charge in [0.05, 0.1) is 14.9 Å². The molecule has 0 saturated carbocycles. The first-order valence-corrected chi connectivity index (χ1v) is 9.28. The Morgan fingerprint density at radius 3 is 2.79 bits per heavy atom. The molecule has 0 radical (unpaired) electrons. The number of hydrogen-bond donors (Lipinski definition) is 1. The van der Waals surface area contributed by atoms with Crippen molar-refractivity contribution in [2.45, 2.75) is 32.7 Å². The van der Waals surface area contributed by atoms with Crippen LogP contribution in [0.15, 0.2) is 21.3 Å². The molecule has 0 aliphatic heterocycles. The standard InChI is InChI=1S/C14H17BrClNS2/c1-3-6-17-12(11-8-10(16)14(15)19-11)13-9(4-2)5-7-18-13/h5,7-8,12,17H,3-4,6H2,1-2H3. The molecule has 0 fully saturated rings. The van der Waals surface area contributed by atoms with Crippen molar-refractivity contribution in [1.29, 1.82) is 0 Å². The average Bonchev–Trinajstić information content (AvgIpc) is 2.98. The smallest absolute Gasteiger partial charge is 0.0888 e. The molecule has 2 heterocycles. The summed E-state index contributed by atoms with van der Waals surface area (Å²) in [6.07, 6.45) is 2.20. The third-order valence-electron chi connectivity index (χ3n) is 2.97. The average molecular weight is 379 g/mol. The number of aryl methyl sites for hydroxylation is 1. The van der Waals surface area contributed by atoms with Crippen molar-refractivity contribution in [3.63, 3.8) is 0 Å². The lowest BCUT2D eigenvalue weighted by Crippen LogP contribution is -2.22. The summed E-state index contributed by atoms with van der Waals surface area (Å²) in [6.45, 7) is 5.41. The van der Waals surface area contributed by atoms with Crippen molar-refractivity contribution < 1.29 is 0 Å². The van der Waals surface area contributed by atoms with Crippen molar-refractivity contribution >= 4 is 50.2 Å². The van der Waals surface area contributed by atoms with Crippen LogP contribution in [-0.4, -0.2) is 6.54 Å². The van der Waals surface area contributed by atoms with Gasteiger partial charge >= 0.3 is 0 Å². The minimum atomic E-state index is 0.267. The monoisotopic (exact) mass is 377 g/mol. The number of nitrogens with one attached hydrogen (secondary N) is 1. The predicted molar refractivity (Wildman–Crippen MR) is 90.9 cm³/mol. The van der Waals surface area contributed by atoms with Crippen molar-refractivity contribution in [2.24, 2.45) is 0 Å². The van der Waals surface area contributed by atoms with Crippen LogP contribution in [0.3, 0.4) is 0 Å². The Balaban J connectivity index is 2.35. The Hall–Kier alpha value is 0.130. The summed E-state index contributed by atoms with van der Waals surface area (Å²) in [5.41, 5.74) is 1.43. The van der Waals surface area contributed by atoms with Crippen LogP contribution in [0.4, 0.5) is 0 Å². The fraction of sp³-hybridized carbons (Fsp3) is 0.429. The second-order valence-electron chi connectivity index (χ2n) is 4.32. The van der Waals surface area contributed by atoms with Gasteiger partial charge in [-0.05, 0) is 58.4 Å². The Labute approximate surface area is 136 Å². The topological polar surface area (TPSA) is 12.0 Å². The summed E-state index contributed by atoms with van der Waals surface area (Å²) in [5.74, 6) is 0. The molecule has 0 aromatic carbocycles. The van der Waals surface area contributed by atoms with E-state index < -0.39 is 0 Å². The maximum Gasteiger partial charge on any atom is 0.0888 e. The van der Waals surface area contributed by atoms with Gasteiger partial charge in [0, 0.05) is 9.75 Å². The number of rotatable bonds is 6. The van der Waals surface area contributed by atoms with Gasteiger partial charge < -0.3 is 5.32 Å². The molecule has 2 rings (SSSR count). The van der Waals surface area contributed by atoms with E-state index in [0.29, 0.717) is 0 Å². The molecule has 0 amide bonds. The van der Waals surface area contributed by atoms with Crippen LogP contribution in [0.2, 0.25) is 5.02 Å². The summed E-state index contributed by atoms with van der Waals surface area (Å²) in [7, 11) is 0. The second kappa shape index (κ2) is 7.23. The summed E-state index contributed by atoms with van der Waals surface area (Å²) in [5, 5.41) is 6.63. The van der Waals surface area contributed by atoms with E-state index >= 15 is 0 Å². The van der Waals surface area contributed by atoms with Gasteiger partial charge in [-0.2, -0.15) is 0 Å². The Morgan fingerprint density at radius 2 is 2.21 bits per heavy atom. The second-order valence-corrected chi connectivity index (χ2v) is 8.08.